The van der Waals surface area contributed by atoms with Crippen molar-refractivity contribution in [2.24, 2.45) is 0 Å². The van der Waals surface area contributed by atoms with Gasteiger partial charge in [0.25, 0.3) is 0 Å². The van der Waals surface area contributed by atoms with Gasteiger partial charge >= 0.3 is 0 Å². The van der Waals surface area contributed by atoms with Crippen LogP contribution in [0.5, 0.6) is 17.2 Å². The minimum Gasteiger partial charge on any atom is -0.494 e. The van der Waals surface area contributed by atoms with Crippen LogP contribution in [0.15, 0.2) is 36.4 Å². The van der Waals surface area contributed by atoms with Gasteiger partial charge < -0.3 is 15.2 Å². The molecule has 96 valence electrons. The third-order valence-corrected chi connectivity index (χ3v) is 2.49. The molecule has 0 heterocycles. The zero-order chi connectivity index (χ0) is 13.8. The average molecular weight is 258 g/mol. The Balaban J connectivity index is 2.29. The standard InChI is InChI=1S/C14H11FN2O2/c1-18-14-7-10(3-4-12(14)17)19-13-5-2-9(8-16)6-11(13)15/h2-7H,17H2,1H3. The number of hydrogen-bond donors (Lipinski definition) is 1. The second kappa shape index (κ2) is 5.27. The zero-order valence-electron chi connectivity index (χ0n) is 10.2. The summed E-state index contributed by atoms with van der Waals surface area (Å²) in [6.07, 6.45) is 0. The summed E-state index contributed by atoms with van der Waals surface area (Å²) in [6.45, 7) is 0. The minimum atomic E-state index is -0.602. The van der Waals surface area contributed by atoms with Crippen LogP contribution in [0, 0.1) is 17.1 Å². The molecule has 2 aromatic rings. The molecule has 0 unspecified atom stereocenters. The number of nitrogens with two attached hydrogens (primary N) is 1. The van der Waals surface area contributed by atoms with Gasteiger partial charge in [-0.1, -0.05) is 0 Å². The fourth-order valence-corrected chi connectivity index (χ4v) is 1.54. The van der Waals surface area contributed by atoms with Crippen molar-refractivity contribution in [2.75, 3.05) is 12.8 Å². The first-order valence-corrected chi connectivity index (χ1v) is 5.45. The van der Waals surface area contributed by atoms with Crippen molar-refractivity contribution in [3.05, 3.63) is 47.8 Å². The largest absolute Gasteiger partial charge is 0.494 e. The van der Waals surface area contributed by atoms with Gasteiger partial charge in [0.05, 0.1) is 24.4 Å². The van der Waals surface area contributed by atoms with E-state index >= 15 is 0 Å². The fourth-order valence-electron chi connectivity index (χ4n) is 1.54. The molecular weight excluding hydrogens is 247 g/mol. The summed E-state index contributed by atoms with van der Waals surface area (Å²) in [5, 5.41) is 8.65. The molecule has 0 bridgehead atoms. The van der Waals surface area contributed by atoms with Gasteiger partial charge in [-0.2, -0.15) is 5.26 Å². The lowest BCUT2D eigenvalue weighted by atomic mass is 10.2. The highest BCUT2D eigenvalue weighted by Crippen LogP contribution is 2.31. The number of hydrogen-bond acceptors (Lipinski definition) is 4. The van der Waals surface area contributed by atoms with E-state index in [-0.39, 0.29) is 11.3 Å². The maximum Gasteiger partial charge on any atom is 0.167 e. The molecule has 0 radical (unpaired) electrons. The molecule has 4 nitrogen and oxygen atoms in total. The predicted octanol–water partition coefficient (Wildman–Crippen LogP) is 3.08. The maximum atomic E-state index is 13.7. The number of nitrogens with zero attached hydrogens (tertiary/aromatic N) is 1. The Labute approximate surface area is 109 Å². The molecular formula is C14H11FN2O2. The van der Waals surface area contributed by atoms with Gasteiger partial charge in [-0.25, -0.2) is 4.39 Å². The number of anilines is 1. The smallest absolute Gasteiger partial charge is 0.167 e. The number of nitriles is 1. The lowest BCUT2D eigenvalue weighted by Crippen LogP contribution is -1.94. The highest BCUT2D eigenvalue weighted by Gasteiger charge is 2.08. The molecule has 2 rings (SSSR count). The summed E-state index contributed by atoms with van der Waals surface area (Å²) in [4.78, 5) is 0. The van der Waals surface area contributed by atoms with Crippen LogP contribution in [0.1, 0.15) is 5.56 Å². The molecule has 0 spiro atoms. The quantitative estimate of drug-likeness (QED) is 0.859. The first-order chi connectivity index (χ1) is 9.13. The lowest BCUT2D eigenvalue weighted by molar-refractivity contribution is 0.407. The van der Waals surface area contributed by atoms with Crippen molar-refractivity contribution in [2.45, 2.75) is 0 Å². The molecule has 19 heavy (non-hydrogen) atoms. The summed E-state index contributed by atoms with van der Waals surface area (Å²) in [5.41, 5.74) is 6.37. The molecule has 0 amide bonds. The Morgan fingerprint density at radius 1 is 1.16 bits per heavy atom. The van der Waals surface area contributed by atoms with Crippen molar-refractivity contribution in [1.29, 1.82) is 5.26 Å². The van der Waals surface area contributed by atoms with Crippen LogP contribution in [-0.4, -0.2) is 7.11 Å². The summed E-state index contributed by atoms with van der Waals surface area (Å²) in [7, 11) is 1.48. The Bertz CT molecular complexity index is 650. The minimum absolute atomic E-state index is 0.0332. The van der Waals surface area contributed by atoms with Crippen LogP contribution in [-0.2, 0) is 0 Å². The van der Waals surface area contributed by atoms with Gasteiger partial charge in [0.1, 0.15) is 11.5 Å². The summed E-state index contributed by atoms with van der Waals surface area (Å²) >= 11 is 0. The molecule has 5 heteroatoms. The van der Waals surface area contributed by atoms with E-state index in [1.165, 1.54) is 19.2 Å². The molecule has 0 aliphatic rings. The lowest BCUT2D eigenvalue weighted by Gasteiger charge is -2.09. The van der Waals surface area contributed by atoms with E-state index in [4.69, 9.17) is 20.5 Å². The van der Waals surface area contributed by atoms with E-state index in [1.807, 2.05) is 6.07 Å². The summed E-state index contributed by atoms with van der Waals surface area (Å²) < 4.78 is 24.1. The predicted molar refractivity (Wildman–Crippen MR) is 68.6 cm³/mol. The first kappa shape index (κ1) is 12.7. The Morgan fingerprint density at radius 2 is 1.95 bits per heavy atom. The molecule has 0 saturated carbocycles. The Hall–Kier alpha value is -2.74. The molecule has 2 N–H and O–H groups in total. The second-order valence-corrected chi connectivity index (χ2v) is 3.76. The van der Waals surface area contributed by atoms with E-state index in [2.05, 4.69) is 0 Å². The number of ether oxygens (including phenoxy) is 2. The van der Waals surface area contributed by atoms with E-state index in [0.717, 1.165) is 6.07 Å². The van der Waals surface area contributed by atoms with Crippen LogP contribution in [0.25, 0.3) is 0 Å². The fraction of sp³-hybridized carbons (Fsp3) is 0.0714. The summed E-state index contributed by atoms with van der Waals surface area (Å²) in [6, 6.07) is 10.6. The molecule has 0 aliphatic carbocycles. The normalized spacial score (nSPS) is 9.74. The van der Waals surface area contributed by atoms with Gasteiger partial charge in [0.2, 0.25) is 0 Å². The van der Waals surface area contributed by atoms with E-state index in [1.54, 1.807) is 18.2 Å². The number of rotatable bonds is 3. The van der Waals surface area contributed by atoms with Crippen LogP contribution in [0.3, 0.4) is 0 Å². The first-order valence-electron chi connectivity index (χ1n) is 5.45. The average Bonchev–Trinajstić information content (AvgIpc) is 2.43. The van der Waals surface area contributed by atoms with Gasteiger partial charge in [0, 0.05) is 6.07 Å². The summed E-state index contributed by atoms with van der Waals surface area (Å²) in [5.74, 6) is 0.280. The zero-order valence-corrected chi connectivity index (χ0v) is 10.2. The highest BCUT2D eigenvalue weighted by molar-refractivity contribution is 5.56. The van der Waals surface area contributed by atoms with Crippen molar-refractivity contribution in [3.8, 4) is 23.3 Å². The van der Waals surface area contributed by atoms with Gasteiger partial charge in [-0.05, 0) is 30.3 Å². The van der Waals surface area contributed by atoms with E-state index in [9.17, 15) is 4.39 Å². The molecule has 0 atom stereocenters. The maximum absolute atomic E-state index is 13.7. The Kier molecular flexibility index (Phi) is 3.53. The highest BCUT2D eigenvalue weighted by atomic mass is 19.1. The number of methoxy groups -OCH3 is 1. The topological polar surface area (TPSA) is 68.3 Å². The second-order valence-electron chi connectivity index (χ2n) is 3.76. The Morgan fingerprint density at radius 3 is 2.58 bits per heavy atom. The van der Waals surface area contributed by atoms with Gasteiger partial charge in [-0.15, -0.1) is 0 Å². The molecule has 0 aliphatic heterocycles. The van der Waals surface area contributed by atoms with Crippen LogP contribution < -0.4 is 15.2 Å². The number of halogens is 1. The van der Waals surface area contributed by atoms with Crippen LogP contribution in [0.4, 0.5) is 10.1 Å². The molecule has 2 aromatic carbocycles. The monoisotopic (exact) mass is 258 g/mol. The molecule has 0 saturated heterocycles. The number of nitrogen functional groups attached to an aromatic ring is 1. The molecule has 0 aromatic heterocycles. The third-order valence-electron chi connectivity index (χ3n) is 2.49. The van der Waals surface area contributed by atoms with Crippen molar-refractivity contribution >= 4 is 5.69 Å². The third kappa shape index (κ3) is 2.75. The van der Waals surface area contributed by atoms with Crippen molar-refractivity contribution in [3.63, 3.8) is 0 Å². The van der Waals surface area contributed by atoms with E-state index < -0.39 is 5.82 Å². The van der Waals surface area contributed by atoms with Crippen LogP contribution >= 0.6 is 0 Å². The van der Waals surface area contributed by atoms with E-state index in [0.29, 0.717) is 17.2 Å². The van der Waals surface area contributed by atoms with Crippen molar-refractivity contribution < 1.29 is 13.9 Å². The molecule has 0 fully saturated rings. The number of benzene rings is 2. The van der Waals surface area contributed by atoms with Crippen LogP contribution in [0.2, 0.25) is 0 Å². The SMILES string of the molecule is COc1cc(Oc2ccc(C#N)cc2F)ccc1N. The van der Waals surface area contributed by atoms with Gasteiger partial charge in [-0.3, -0.25) is 0 Å². The van der Waals surface area contributed by atoms with Crippen molar-refractivity contribution in [1.82, 2.24) is 0 Å². The van der Waals surface area contributed by atoms with Gasteiger partial charge in [0.15, 0.2) is 11.6 Å².